The summed E-state index contributed by atoms with van der Waals surface area (Å²) in [7, 11) is -3.40. The van der Waals surface area contributed by atoms with E-state index in [1.165, 1.54) is 6.92 Å². The summed E-state index contributed by atoms with van der Waals surface area (Å²) < 4.78 is 24.0. The summed E-state index contributed by atoms with van der Waals surface area (Å²) in [4.78, 5) is 12.2. The maximum absolute atomic E-state index is 12.2. The Balaban J connectivity index is 2.80. The van der Waals surface area contributed by atoms with E-state index < -0.39 is 26.5 Å². The van der Waals surface area contributed by atoms with Gasteiger partial charge in [-0.3, -0.25) is 4.79 Å². The first kappa shape index (κ1) is 19.0. The van der Waals surface area contributed by atoms with Gasteiger partial charge in [0, 0.05) is 10.6 Å². The number of carbonyl (C=O) groups excluding carboxylic acids is 1. The zero-order valence-corrected chi connectivity index (χ0v) is 15.1. The van der Waals surface area contributed by atoms with Crippen molar-refractivity contribution in [2.45, 2.75) is 51.3 Å². The second-order valence-electron chi connectivity index (χ2n) is 6.15. The van der Waals surface area contributed by atoms with Crippen LogP contribution in [0.3, 0.4) is 0 Å². The fourth-order valence-corrected chi connectivity index (χ4v) is 3.73. The van der Waals surface area contributed by atoms with Crippen LogP contribution in [0.2, 0.25) is 5.02 Å². The number of benzene rings is 1. The van der Waals surface area contributed by atoms with Gasteiger partial charge in [0.25, 0.3) is 0 Å². The molecule has 0 aliphatic carbocycles. The molecule has 0 unspecified atom stereocenters. The summed E-state index contributed by atoms with van der Waals surface area (Å²) in [6.07, 6.45) is 1.03. The first-order chi connectivity index (χ1) is 10.1. The van der Waals surface area contributed by atoms with E-state index in [-0.39, 0.29) is 5.75 Å². The molecule has 0 spiro atoms. The molecule has 22 heavy (non-hydrogen) atoms. The molecule has 1 N–H and O–H groups in total. The van der Waals surface area contributed by atoms with Crippen LogP contribution in [0, 0.1) is 0 Å². The Morgan fingerprint density at radius 2 is 1.91 bits per heavy atom. The van der Waals surface area contributed by atoms with Crippen molar-refractivity contribution < 1.29 is 13.2 Å². The van der Waals surface area contributed by atoms with E-state index in [1.54, 1.807) is 13.0 Å². The van der Waals surface area contributed by atoms with Gasteiger partial charge < -0.3 is 5.32 Å². The first-order valence-electron chi connectivity index (χ1n) is 7.36. The topological polar surface area (TPSA) is 63.2 Å². The molecule has 0 heterocycles. The van der Waals surface area contributed by atoms with Crippen molar-refractivity contribution in [2.24, 2.45) is 0 Å². The van der Waals surface area contributed by atoms with Crippen LogP contribution in [0.25, 0.3) is 0 Å². The van der Waals surface area contributed by atoms with Gasteiger partial charge in [-0.1, -0.05) is 36.7 Å². The minimum absolute atomic E-state index is 0.0204. The van der Waals surface area contributed by atoms with E-state index in [1.807, 2.05) is 32.0 Å². The van der Waals surface area contributed by atoms with Gasteiger partial charge in [-0.15, -0.1) is 0 Å². The molecule has 0 saturated carbocycles. The molecule has 0 aliphatic rings. The smallest absolute Gasteiger partial charge is 0.238 e. The van der Waals surface area contributed by atoms with Crippen LogP contribution in [0.1, 0.15) is 39.7 Å². The van der Waals surface area contributed by atoms with Gasteiger partial charge in [0.15, 0.2) is 9.84 Å². The number of amides is 1. The van der Waals surface area contributed by atoms with Crippen LogP contribution in [0.15, 0.2) is 24.3 Å². The van der Waals surface area contributed by atoms with Gasteiger partial charge in [-0.2, -0.15) is 0 Å². The minimum atomic E-state index is -3.40. The quantitative estimate of drug-likeness (QED) is 0.826. The first-order valence-corrected chi connectivity index (χ1v) is 9.45. The molecule has 1 atom stereocenters. The standard InChI is InChI=1S/C16H24ClNO3S/c1-5-10-22(20,21)12(2)15(19)18-16(3,4)11-13-8-6-7-9-14(13)17/h6-9,12H,5,10-11H2,1-4H3,(H,18,19)/t12-/m1/s1. The van der Waals surface area contributed by atoms with E-state index in [0.29, 0.717) is 17.9 Å². The molecule has 6 heteroatoms. The lowest BCUT2D eigenvalue weighted by molar-refractivity contribution is -0.122. The molecule has 0 aromatic heterocycles. The Morgan fingerprint density at radius 1 is 1.32 bits per heavy atom. The number of nitrogens with one attached hydrogen (secondary N) is 1. The third kappa shape index (κ3) is 5.29. The van der Waals surface area contributed by atoms with Gasteiger partial charge in [0.05, 0.1) is 5.75 Å². The van der Waals surface area contributed by atoms with Crippen molar-refractivity contribution in [3.63, 3.8) is 0 Å². The predicted octanol–water partition coefficient (Wildman–Crippen LogP) is 2.99. The Kier molecular flexibility index (Phi) is 6.44. The molecule has 124 valence electrons. The summed E-state index contributed by atoms with van der Waals surface area (Å²) in [6.45, 7) is 6.93. The van der Waals surface area contributed by atoms with E-state index >= 15 is 0 Å². The van der Waals surface area contributed by atoms with Crippen molar-refractivity contribution in [2.75, 3.05) is 5.75 Å². The lowest BCUT2D eigenvalue weighted by Crippen LogP contribution is -2.50. The molecular weight excluding hydrogens is 322 g/mol. The Hall–Kier alpha value is -1.07. The third-order valence-electron chi connectivity index (χ3n) is 3.45. The molecule has 1 rings (SSSR count). The Morgan fingerprint density at radius 3 is 2.45 bits per heavy atom. The van der Waals surface area contributed by atoms with E-state index in [9.17, 15) is 13.2 Å². The number of hydrogen-bond donors (Lipinski definition) is 1. The molecule has 0 aliphatic heterocycles. The zero-order valence-electron chi connectivity index (χ0n) is 13.5. The number of hydrogen-bond acceptors (Lipinski definition) is 3. The largest absolute Gasteiger partial charge is 0.350 e. The average Bonchev–Trinajstić information content (AvgIpc) is 2.39. The zero-order chi connectivity index (χ0) is 17.0. The fraction of sp³-hybridized carbons (Fsp3) is 0.562. The molecule has 0 saturated heterocycles. The summed E-state index contributed by atoms with van der Waals surface area (Å²) >= 11 is 6.13. The van der Waals surface area contributed by atoms with Crippen LogP contribution in [-0.2, 0) is 21.1 Å². The number of halogens is 1. The van der Waals surface area contributed by atoms with Gasteiger partial charge in [-0.25, -0.2) is 8.42 Å². The van der Waals surface area contributed by atoms with Crippen LogP contribution in [0.5, 0.6) is 0 Å². The fourth-order valence-electron chi connectivity index (χ4n) is 2.22. The van der Waals surface area contributed by atoms with E-state index in [2.05, 4.69) is 5.32 Å². The summed E-state index contributed by atoms with van der Waals surface area (Å²) in [5.74, 6) is -0.447. The molecule has 0 bridgehead atoms. The molecule has 1 aromatic carbocycles. The minimum Gasteiger partial charge on any atom is -0.350 e. The average molecular weight is 346 g/mol. The molecule has 0 radical (unpaired) electrons. The van der Waals surface area contributed by atoms with Gasteiger partial charge >= 0.3 is 0 Å². The SMILES string of the molecule is CCCS(=O)(=O)[C@H](C)C(=O)NC(C)(C)Cc1ccccc1Cl. The maximum Gasteiger partial charge on any atom is 0.238 e. The highest BCUT2D eigenvalue weighted by Crippen LogP contribution is 2.21. The Labute approximate surface area is 138 Å². The second-order valence-corrected chi connectivity index (χ2v) is 9.00. The van der Waals surface area contributed by atoms with Crippen LogP contribution in [-0.4, -0.2) is 30.9 Å². The number of sulfone groups is 1. The highest BCUT2D eigenvalue weighted by Gasteiger charge is 2.31. The normalized spacial score (nSPS) is 13.7. The van der Waals surface area contributed by atoms with Gasteiger partial charge in [-0.05, 0) is 45.2 Å². The molecule has 0 fully saturated rings. The summed E-state index contributed by atoms with van der Waals surface area (Å²) in [6, 6.07) is 7.42. The van der Waals surface area contributed by atoms with Crippen LogP contribution < -0.4 is 5.32 Å². The van der Waals surface area contributed by atoms with Crippen molar-refractivity contribution >= 4 is 27.3 Å². The lowest BCUT2D eigenvalue weighted by Gasteiger charge is -2.28. The highest BCUT2D eigenvalue weighted by atomic mass is 35.5. The monoisotopic (exact) mass is 345 g/mol. The molecule has 1 amide bonds. The van der Waals surface area contributed by atoms with E-state index in [4.69, 9.17) is 11.6 Å². The van der Waals surface area contributed by atoms with E-state index in [0.717, 1.165) is 5.56 Å². The summed E-state index contributed by atoms with van der Waals surface area (Å²) in [5, 5.41) is 2.41. The van der Waals surface area contributed by atoms with Crippen LogP contribution in [0.4, 0.5) is 0 Å². The Bertz CT molecular complexity index is 626. The molecule has 4 nitrogen and oxygen atoms in total. The van der Waals surface area contributed by atoms with Gasteiger partial charge in [0.2, 0.25) is 5.91 Å². The highest BCUT2D eigenvalue weighted by molar-refractivity contribution is 7.92. The number of rotatable bonds is 7. The molecular formula is C16H24ClNO3S. The molecule has 1 aromatic rings. The second kappa shape index (κ2) is 7.47. The lowest BCUT2D eigenvalue weighted by atomic mass is 9.94. The third-order valence-corrected chi connectivity index (χ3v) is 6.09. The van der Waals surface area contributed by atoms with Crippen molar-refractivity contribution in [1.82, 2.24) is 5.32 Å². The summed E-state index contributed by atoms with van der Waals surface area (Å²) in [5.41, 5.74) is 0.330. The van der Waals surface area contributed by atoms with Crippen LogP contribution >= 0.6 is 11.6 Å². The van der Waals surface area contributed by atoms with Crippen molar-refractivity contribution in [1.29, 1.82) is 0 Å². The maximum atomic E-state index is 12.2. The predicted molar refractivity (Wildman–Crippen MR) is 90.9 cm³/mol. The van der Waals surface area contributed by atoms with Gasteiger partial charge in [0.1, 0.15) is 5.25 Å². The number of carbonyl (C=O) groups is 1. The van der Waals surface area contributed by atoms with Crippen molar-refractivity contribution in [3.05, 3.63) is 34.9 Å². The van der Waals surface area contributed by atoms with Crippen molar-refractivity contribution in [3.8, 4) is 0 Å².